The first kappa shape index (κ1) is 13.3. The maximum absolute atomic E-state index is 12.3. The van der Waals surface area contributed by atoms with Crippen molar-refractivity contribution in [3.8, 4) is 0 Å². The van der Waals surface area contributed by atoms with E-state index < -0.39 is 0 Å². The summed E-state index contributed by atoms with van der Waals surface area (Å²) in [6, 6.07) is 3.67. The molecule has 0 saturated heterocycles. The predicted octanol–water partition coefficient (Wildman–Crippen LogP) is 2.43. The number of aryl methyl sites for hydroxylation is 2. The van der Waals surface area contributed by atoms with Crippen LogP contribution in [0.3, 0.4) is 0 Å². The summed E-state index contributed by atoms with van der Waals surface area (Å²) < 4.78 is 5.07. The van der Waals surface area contributed by atoms with Crippen molar-refractivity contribution in [3.63, 3.8) is 0 Å². The van der Waals surface area contributed by atoms with Crippen LogP contribution in [0.25, 0.3) is 0 Å². The second kappa shape index (κ2) is 5.65. The third-order valence-electron chi connectivity index (χ3n) is 3.03. The Labute approximate surface area is 112 Å². The molecule has 1 N–H and O–H groups in total. The van der Waals surface area contributed by atoms with Crippen LogP contribution >= 0.6 is 0 Å². The molecule has 0 spiro atoms. The fourth-order valence-electron chi connectivity index (χ4n) is 1.93. The summed E-state index contributed by atoms with van der Waals surface area (Å²) in [5.41, 5.74) is 2.19. The van der Waals surface area contributed by atoms with Crippen LogP contribution in [0.1, 0.15) is 47.3 Å². The summed E-state index contributed by atoms with van der Waals surface area (Å²) in [4.78, 5) is 16.3. The average Bonchev–Trinajstić information content (AvgIpc) is 2.80. The van der Waals surface area contributed by atoms with Gasteiger partial charge < -0.3 is 9.84 Å². The Morgan fingerprint density at radius 2 is 2.32 bits per heavy atom. The summed E-state index contributed by atoms with van der Waals surface area (Å²) in [7, 11) is 0. The Hall–Kier alpha value is -2.17. The second-order valence-electron chi connectivity index (χ2n) is 4.40. The lowest BCUT2D eigenvalue weighted by molar-refractivity contribution is 0.0937. The second-order valence-corrected chi connectivity index (χ2v) is 4.40. The number of carbonyl (C=O) groups is 1. The molecular weight excluding hydrogens is 242 g/mol. The molecule has 0 fully saturated rings. The van der Waals surface area contributed by atoms with Crippen LogP contribution < -0.4 is 5.32 Å². The quantitative estimate of drug-likeness (QED) is 0.915. The van der Waals surface area contributed by atoms with Gasteiger partial charge in [-0.1, -0.05) is 18.1 Å². The van der Waals surface area contributed by atoms with E-state index in [1.807, 2.05) is 26.0 Å². The molecule has 2 heterocycles. The molecule has 1 amide bonds. The topological polar surface area (TPSA) is 68.0 Å². The highest BCUT2D eigenvalue weighted by Crippen LogP contribution is 2.16. The monoisotopic (exact) mass is 259 g/mol. The Morgan fingerprint density at radius 3 is 2.95 bits per heavy atom. The van der Waals surface area contributed by atoms with Gasteiger partial charge in [0.2, 0.25) is 0 Å². The maximum Gasteiger partial charge on any atom is 0.257 e. The Balaban J connectivity index is 2.15. The van der Waals surface area contributed by atoms with Gasteiger partial charge in [0, 0.05) is 12.4 Å². The first-order valence-corrected chi connectivity index (χ1v) is 6.29. The van der Waals surface area contributed by atoms with Crippen molar-refractivity contribution >= 4 is 5.91 Å². The zero-order chi connectivity index (χ0) is 13.8. The van der Waals surface area contributed by atoms with Crippen LogP contribution in [0.5, 0.6) is 0 Å². The number of nitrogens with zero attached hydrogens (tertiary/aromatic N) is 2. The predicted molar refractivity (Wildman–Crippen MR) is 70.7 cm³/mol. The van der Waals surface area contributed by atoms with Crippen molar-refractivity contribution in [2.24, 2.45) is 0 Å². The molecule has 100 valence electrons. The highest BCUT2D eigenvalue weighted by Gasteiger charge is 2.20. The van der Waals surface area contributed by atoms with Gasteiger partial charge in [-0.3, -0.25) is 9.78 Å². The van der Waals surface area contributed by atoms with E-state index in [1.54, 1.807) is 19.3 Å². The zero-order valence-electron chi connectivity index (χ0n) is 11.3. The van der Waals surface area contributed by atoms with E-state index in [-0.39, 0.29) is 11.9 Å². The lowest BCUT2D eigenvalue weighted by Crippen LogP contribution is -2.27. The van der Waals surface area contributed by atoms with E-state index in [0.717, 1.165) is 5.56 Å². The minimum Gasteiger partial charge on any atom is -0.361 e. The van der Waals surface area contributed by atoms with Gasteiger partial charge in [-0.2, -0.15) is 0 Å². The van der Waals surface area contributed by atoms with Gasteiger partial charge in [0.15, 0.2) is 0 Å². The number of rotatable bonds is 4. The summed E-state index contributed by atoms with van der Waals surface area (Å²) in [6.07, 6.45) is 4.12. The molecule has 5 nitrogen and oxygen atoms in total. The normalized spacial score (nSPS) is 12.2. The molecule has 5 heteroatoms. The Kier molecular flexibility index (Phi) is 3.94. The van der Waals surface area contributed by atoms with Gasteiger partial charge >= 0.3 is 0 Å². The Morgan fingerprint density at radius 1 is 1.53 bits per heavy atom. The lowest BCUT2D eigenvalue weighted by atomic mass is 10.1. The third kappa shape index (κ3) is 2.81. The van der Waals surface area contributed by atoms with Crippen LogP contribution in [0.15, 0.2) is 29.0 Å². The molecule has 2 aromatic heterocycles. The molecule has 1 atom stereocenters. The molecule has 0 aliphatic carbocycles. The van der Waals surface area contributed by atoms with Crippen molar-refractivity contribution in [1.29, 1.82) is 0 Å². The van der Waals surface area contributed by atoms with E-state index >= 15 is 0 Å². The highest BCUT2D eigenvalue weighted by atomic mass is 16.5. The summed E-state index contributed by atoms with van der Waals surface area (Å²) in [5.74, 6) is 0.389. The largest absolute Gasteiger partial charge is 0.361 e. The molecule has 0 radical (unpaired) electrons. The molecule has 0 aliphatic rings. The number of hydrogen-bond acceptors (Lipinski definition) is 4. The van der Waals surface area contributed by atoms with Crippen molar-refractivity contribution in [1.82, 2.24) is 15.5 Å². The summed E-state index contributed by atoms with van der Waals surface area (Å²) in [5, 5.41) is 6.82. The van der Waals surface area contributed by atoms with Gasteiger partial charge in [0.05, 0.1) is 11.7 Å². The third-order valence-corrected chi connectivity index (χ3v) is 3.03. The minimum atomic E-state index is -0.160. The van der Waals surface area contributed by atoms with Crippen molar-refractivity contribution in [2.45, 2.75) is 33.2 Å². The number of aromatic nitrogens is 2. The number of pyridine rings is 1. The minimum absolute atomic E-state index is 0.111. The van der Waals surface area contributed by atoms with E-state index in [9.17, 15) is 4.79 Å². The lowest BCUT2D eigenvalue weighted by Gasteiger charge is -2.13. The van der Waals surface area contributed by atoms with Gasteiger partial charge in [0.25, 0.3) is 5.91 Å². The van der Waals surface area contributed by atoms with E-state index in [0.29, 0.717) is 23.4 Å². The molecule has 2 aromatic rings. The van der Waals surface area contributed by atoms with Crippen molar-refractivity contribution in [3.05, 3.63) is 47.1 Å². The van der Waals surface area contributed by atoms with Gasteiger partial charge in [-0.05, 0) is 31.9 Å². The summed E-state index contributed by atoms with van der Waals surface area (Å²) >= 11 is 0. The molecule has 2 rings (SSSR count). The van der Waals surface area contributed by atoms with Crippen molar-refractivity contribution < 1.29 is 9.32 Å². The van der Waals surface area contributed by atoms with Gasteiger partial charge in [-0.25, -0.2) is 0 Å². The number of carbonyl (C=O) groups excluding carboxylic acids is 1. The van der Waals surface area contributed by atoms with Gasteiger partial charge in [0.1, 0.15) is 11.3 Å². The van der Waals surface area contributed by atoms with Crippen LogP contribution in [0.2, 0.25) is 0 Å². The SMILES string of the molecule is CCc1noc(C)c1C(=O)NC(C)c1cccnc1. The first-order chi connectivity index (χ1) is 9.13. The van der Waals surface area contributed by atoms with Crippen LogP contribution in [-0.2, 0) is 6.42 Å². The molecule has 1 unspecified atom stereocenters. The number of nitrogens with one attached hydrogen (secondary N) is 1. The average molecular weight is 259 g/mol. The maximum atomic E-state index is 12.3. The molecule has 19 heavy (non-hydrogen) atoms. The molecule has 0 aromatic carbocycles. The molecular formula is C14H17N3O2. The number of hydrogen-bond donors (Lipinski definition) is 1. The highest BCUT2D eigenvalue weighted by molar-refractivity contribution is 5.96. The Bertz CT molecular complexity index is 563. The van der Waals surface area contributed by atoms with Crippen LogP contribution in [0, 0.1) is 6.92 Å². The van der Waals surface area contributed by atoms with Crippen molar-refractivity contribution in [2.75, 3.05) is 0 Å². The van der Waals surface area contributed by atoms with Crippen LogP contribution in [0.4, 0.5) is 0 Å². The zero-order valence-corrected chi connectivity index (χ0v) is 11.3. The number of amides is 1. The molecule has 0 saturated carbocycles. The standard InChI is InChI=1S/C14H17N3O2/c1-4-12-13(10(3)19-17-12)14(18)16-9(2)11-6-5-7-15-8-11/h5-9H,4H2,1-3H3,(H,16,18). The summed E-state index contributed by atoms with van der Waals surface area (Å²) in [6.45, 7) is 5.61. The van der Waals surface area contributed by atoms with E-state index in [4.69, 9.17) is 4.52 Å². The molecule has 0 aliphatic heterocycles. The van der Waals surface area contributed by atoms with Gasteiger partial charge in [-0.15, -0.1) is 0 Å². The van der Waals surface area contributed by atoms with E-state index in [2.05, 4.69) is 15.5 Å². The molecule has 0 bridgehead atoms. The fraction of sp³-hybridized carbons (Fsp3) is 0.357. The van der Waals surface area contributed by atoms with E-state index in [1.165, 1.54) is 0 Å². The smallest absolute Gasteiger partial charge is 0.257 e. The first-order valence-electron chi connectivity index (χ1n) is 6.29. The fourth-order valence-corrected chi connectivity index (χ4v) is 1.93. The van der Waals surface area contributed by atoms with Crippen LogP contribution in [-0.4, -0.2) is 16.0 Å².